The topological polar surface area (TPSA) is 67.0 Å². The molecule has 2 N–H and O–H groups in total. The number of amides is 1. The van der Waals surface area contributed by atoms with Crippen LogP contribution in [0, 0.1) is 13.8 Å². The standard InChI is InChI=1S/C18H18ClN3O2S/c1-10-6-21-14(11(2)17(10)24-3)9-22-18(23)13-8-20-7-12(13)15-4-5-16(19)25-15/h4-8,20H,9H2,1-3H3,(H,22,23). The Morgan fingerprint density at radius 2 is 2.16 bits per heavy atom. The van der Waals surface area contributed by atoms with Crippen LogP contribution in [0.3, 0.4) is 0 Å². The molecule has 3 heterocycles. The van der Waals surface area contributed by atoms with E-state index in [9.17, 15) is 4.79 Å². The lowest BCUT2D eigenvalue weighted by molar-refractivity contribution is 0.0951. The van der Waals surface area contributed by atoms with Gasteiger partial charge in [-0.25, -0.2) is 0 Å². The number of aromatic nitrogens is 2. The van der Waals surface area contributed by atoms with Crippen LogP contribution in [0.5, 0.6) is 5.75 Å². The number of hydrogen-bond acceptors (Lipinski definition) is 4. The van der Waals surface area contributed by atoms with Gasteiger partial charge in [-0.05, 0) is 26.0 Å². The summed E-state index contributed by atoms with van der Waals surface area (Å²) in [6, 6.07) is 3.73. The van der Waals surface area contributed by atoms with Crippen molar-refractivity contribution in [2.45, 2.75) is 20.4 Å². The molecule has 5 nitrogen and oxygen atoms in total. The van der Waals surface area contributed by atoms with Gasteiger partial charge in [-0.2, -0.15) is 0 Å². The minimum absolute atomic E-state index is 0.165. The molecule has 0 aromatic carbocycles. The fraction of sp³-hybridized carbons (Fsp3) is 0.222. The van der Waals surface area contributed by atoms with E-state index >= 15 is 0 Å². The minimum atomic E-state index is -0.165. The lowest BCUT2D eigenvalue weighted by atomic mass is 10.1. The molecule has 3 rings (SSSR count). The van der Waals surface area contributed by atoms with Crippen molar-refractivity contribution in [3.05, 3.63) is 57.4 Å². The van der Waals surface area contributed by atoms with Crippen molar-refractivity contribution < 1.29 is 9.53 Å². The Kier molecular flexibility index (Phi) is 5.11. The number of carbonyl (C=O) groups excluding carboxylic acids is 1. The SMILES string of the molecule is COc1c(C)cnc(CNC(=O)c2c[nH]cc2-c2ccc(Cl)s2)c1C. The number of aromatic amines is 1. The number of thiophene rings is 1. The normalized spacial score (nSPS) is 10.7. The molecule has 25 heavy (non-hydrogen) atoms. The third kappa shape index (κ3) is 3.55. The zero-order chi connectivity index (χ0) is 18.0. The molecule has 0 bridgehead atoms. The summed E-state index contributed by atoms with van der Waals surface area (Å²) in [6.07, 6.45) is 5.24. The highest BCUT2D eigenvalue weighted by atomic mass is 35.5. The van der Waals surface area contributed by atoms with Gasteiger partial charge in [-0.15, -0.1) is 11.3 Å². The predicted octanol–water partition coefficient (Wildman–Crippen LogP) is 4.35. The van der Waals surface area contributed by atoms with E-state index in [-0.39, 0.29) is 5.91 Å². The maximum atomic E-state index is 12.6. The summed E-state index contributed by atoms with van der Waals surface area (Å²) in [5.74, 6) is 0.635. The van der Waals surface area contributed by atoms with Gasteiger partial charge < -0.3 is 15.0 Å². The number of ether oxygens (including phenoxy) is 1. The number of hydrogen-bond donors (Lipinski definition) is 2. The quantitative estimate of drug-likeness (QED) is 0.696. The Morgan fingerprint density at radius 1 is 1.36 bits per heavy atom. The lowest BCUT2D eigenvalue weighted by Crippen LogP contribution is -2.24. The Balaban J connectivity index is 1.78. The molecule has 3 aromatic rings. The van der Waals surface area contributed by atoms with Crippen LogP contribution in [-0.4, -0.2) is 23.0 Å². The zero-order valence-electron chi connectivity index (χ0n) is 14.1. The first kappa shape index (κ1) is 17.5. The summed E-state index contributed by atoms with van der Waals surface area (Å²) in [5, 5.41) is 2.92. The summed E-state index contributed by atoms with van der Waals surface area (Å²) in [4.78, 5) is 20.9. The largest absolute Gasteiger partial charge is 0.496 e. The fourth-order valence-electron chi connectivity index (χ4n) is 2.72. The molecule has 0 fully saturated rings. The van der Waals surface area contributed by atoms with Crippen molar-refractivity contribution in [3.63, 3.8) is 0 Å². The number of pyridine rings is 1. The van der Waals surface area contributed by atoms with Gasteiger partial charge in [0.25, 0.3) is 5.91 Å². The summed E-state index contributed by atoms with van der Waals surface area (Å²) in [7, 11) is 1.63. The molecular formula is C18H18ClN3O2S. The molecule has 3 aromatic heterocycles. The van der Waals surface area contributed by atoms with Crippen molar-refractivity contribution in [1.82, 2.24) is 15.3 Å². The average Bonchev–Trinajstić information content (AvgIpc) is 3.23. The second kappa shape index (κ2) is 7.29. The number of methoxy groups -OCH3 is 1. The molecule has 0 saturated heterocycles. The Hall–Kier alpha value is -2.31. The van der Waals surface area contributed by atoms with Crippen LogP contribution in [-0.2, 0) is 6.54 Å². The minimum Gasteiger partial charge on any atom is -0.496 e. The van der Waals surface area contributed by atoms with Crippen molar-refractivity contribution in [3.8, 4) is 16.2 Å². The van der Waals surface area contributed by atoms with Gasteiger partial charge in [0.05, 0.1) is 29.2 Å². The van der Waals surface area contributed by atoms with E-state index in [1.165, 1.54) is 11.3 Å². The smallest absolute Gasteiger partial charge is 0.253 e. The number of nitrogens with zero attached hydrogens (tertiary/aromatic N) is 1. The van der Waals surface area contributed by atoms with Gasteiger partial charge in [0.1, 0.15) is 5.75 Å². The number of rotatable bonds is 5. The van der Waals surface area contributed by atoms with Crippen LogP contribution in [0.2, 0.25) is 4.34 Å². The molecule has 7 heteroatoms. The van der Waals surface area contributed by atoms with Crippen LogP contribution in [0.1, 0.15) is 27.2 Å². The molecule has 0 aliphatic carbocycles. The highest BCUT2D eigenvalue weighted by Crippen LogP contribution is 2.33. The Bertz CT molecular complexity index is 917. The van der Waals surface area contributed by atoms with Crippen molar-refractivity contribution in [1.29, 1.82) is 0 Å². The third-order valence-corrected chi connectivity index (χ3v) is 5.26. The molecule has 1 amide bonds. The number of aryl methyl sites for hydroxylation is 1. The molecule has 0 unspecified atom stereocenters. The van der Waals surface area contributed by atoms with E-state index in [0.29, 0.717) is 16.4 Å². The van der Waals surface area contributed by atoms with Gasteiger partial charge >= 0.3 is 0 Å². The molecule has 0 spiro atoms. The summed E-state index contributed by atoms with van der Waals surface area (Å²) < 4.78 is 6.09. The van der Waals surface area contributed by atoms with Crippen LogP contribution in [0.25, 0.3) is 10.4 Å². The molecule has 0 radical (unpaired) electrons. The van der Waals surface area contributed by atoms with Crippen molar-refractivity contribution in [2.75, 3.05) is 7.11 Å². The van der Waals surface area contributed by atoms with Crippen LogP contribution >= 0.6 is 22.9 Å². The zero-order valence-corrected chi connectivity index (χ0v) is 15.7. The van der Waals surface area contributed by atoms with E-state index < -0.39 is 0 Å². The number of H-pyrrole nitrogens is 1. The maximum absolute atomic E-state index is 12.6. The highest BCUT2D eigenvalue weighted by molar-refractivity contribution is 7.19. The van der Waals surface area contributed by atoms with Crippen LogP contribution in [0.4, 0.5) is 0 Å². The molecule has 0 aliphatic rings. The molecule has 0 atom stereocenters. The molecule has 130 valence electrons. The van der Waals surface area contributed by atoms with E-state index in [1.807, 2.05) is 26.0 Å². The van der Waals surface area contributed by atoms with Crippen LogP contribution < -0.4 is 10.1 Å². The maximum Gasteiger partial charge on any atom is 0.253 e. The first-order chi connectivity index (χ1) is 12.0. The Morgan fingerprint density at radius 3 is 2.84 bits per heavy atom. The average molecular weight is 376 g/mol. The van der Waals surface area contributed by atoms with Gasteiger partial charge in [-0.1, -0.05) is 11.6 Å². The first-order valence-corrected chi connectivity index (χ1v) is 8.90. The number of nitrogens with one attached hydrogen (secondary N) is 2. The molecular weight excluding hydrogens is 358 g/mol. The molecule has 0 aliphatic heterocycles. The highest BCUT2D eigenvalue weighted by Gasteiger charge is 2.16. The third-order valence-electron chi connectivity index (χ3n) is 3.99. The second-order valence-corrected chi connectivity index (χ2v) is 7.33. The molecule has 0 saturated carbocycles. The summed E-state index contributed by atoms with van der Waals surface area (Å²) in [5.41, 5.74) is 4.10. The van der Waals surface area contributed by atoms with Crippen molar-refractivity contribution >= 4 is 28.8 Å². The van der Waals surface area contributed by atoms with Gasteiger partial charge in [0, 0.05) is 40.2 Å². The number of carbonyl (C=O) groups is 1. The first-order valence-electron chi connectivity index (χ1n) is 7.71. The van der Waals surface area contributed by atoms with E-state index in [1.54, 1.807) is 25.7 Å². The second-order valence-electron chi connectivity index (χ2n) is 5.62. The summed E-state index contributed by atoms with van der Waals surface area (Å²) in [6.45, 7) is 4.21. The fourth-order valence-corrected chi connectivity index (χ4v) is 3.80. The van der Waals surface area contributed by atoms with E-state index in [0.717, 1.165) is 33.0 Å². The predicted molar refractivity (Wildman–Crippen MR) is 101 cm³/mol. The lowest BCUT2D eigenvalue weighted by Gasteiger charge is -2.13. The Labute approximate surface area is 155 Å². The van der Waals surface area contributed by atoms with Gasteiger partial charge in [0.15, 0.2) is 0 Å². The summed E-state index contributed by atoms with van der Waals surface area (Å²) >= 11 is 7.43. The van der Waals surface area contributed by atoms with Crippen molar-refractivity contribution in [2.24, 2.45) is 0 Å². The van der Waals surface area contributed by atoms with E-state index in [4.69, 9.17) is 16.3 Å². The van der Waals surface area contributed by atoms with E-state index in [2.05, 4.69) is 15.3 Å². The van der Waals surface area contributed by atoms with Gasteiger partial charge in [0.2, 0.25) is 0 Å². The van der Waals surface area contributed by atoms with Crippen LogP contribution in [0.15, 0.2) is 30.7 Å². The monoisotopic (exact) mass is 375 g/mol. The number of halogens is 1. The van der Waals surface area contributed by atoms with Gasteiger partial charge in [-0.3, -0.25) is 9.78 Å².